The van der Waals surface area contributed by atoms with Crippen molar-refractivity contribution in [1.82, 2.24) is 0 Å². The van der Waals surface area contributed by atoms with Gasteiger partial charge in [0.05, 0.1) is 0 Å². The molecule has 0 saturated heterocycles. The van der Waals surface area contributed by atoms with Crippen LogP contribution in [-0.4, -0.2) is 6.13 Å². The molecule has 124 valence electrons. The van der Waals surface area contributed by atoms with Gasteiger partial charge < -0.3 is 0 Å². The second kappa shape index (κ2) is 4.71. The Labute approximate surface area is 143 Å². The van der Waals surface area contributed by atoms with Crippen molar-refractivity contribution in [1.29, 1.82) is 0 Å². The van der Waals surface area contributed by atoms with Gasteiger partial charge >= 0.3 is 0 Å². The van der Waals surface area contributed by atoms with Gasteiger partial charge in [0.2, 0.25) is 0 Å². The van der Waals surface area contributed by atoms with Crippen LogP contribution in [0.3, 0.4) is 0 Å². The zero-order valence-corrected chi connectivity index (χ0v) is 16.2. The molecular formula is C20H34BCl. The Morgan fingerprint density at radius 2 is 1.09 bits per heavy atom. The summed E-state index contributed by atoms with van der Waals surface area (Å²) in [6.45, 7) is 15.0. The Morgan fingerprint density at radius 3 is 1.36 bits per heavy atom. The molecule has 6 saturated carbocycles. The van der Waals surface area contributed by atoms with Crippen LogP contribution in [0.2, 0.25) is 11.6 Å². The summed E-state index contributed by atoms with van der Waals surface area (Å²) in [5.74, 6) is 7.00. The molecule has 0 nitrogen and oxygen atoms in total. The summed E-state index contributed by atoms with van der Waals surface area (Å²) in [5, 5.41) is 0. The van der Waals surface area contributed by atoms with Crippen LogP contribution in [0.5, 0.6) is 0 Å². The normalized spacial score (nSPS) is 54.1. The van der Waals surface area contributed by atoms with Crippen LogP contribution in [0.4, 0.5) is 0 Å². The topological polar surface area (TPSA) is 0 Å². The molecule has 22 heavy (non-hydrogen) atoms. The minimum absolute atomic E-state index is 0.438. The number of rotatable bonds is 2. The second-order valence-electron chi connectivity index (χ2n) is 10.7. The average Bonchev–Trinajstić information content (AvgIpc) is 2.45. The van der Waals surface area contributed by atoms with Gasteiger partial charge in [-0.1, -0.05) is 54.4 Å². The van der Waals surface area contributed by atoms with Gasteiger partial charge in [-0.25, -0.2) is 0 Å². The standard InChI is InChI=1S/C20H34BCl/c1-11-15-7-13(19(15,3)4)9-17(11)21(22)18-10-14-8-16(12(18)2)20(14,5)6/h11-18H,7-10H2,1-6H3/t11?,12?,13-,14-,15+,16+,17+,18+/m1/s1. The summed E-state index contributed by atoms with van der Waals surface area (Å²) in [5.41, 5.74) is 1.18. The Balaban J connectivity index is 1.49. The average molecular weight is 321 g/mol. The Kier molecular flexibility index (Phi) is 3.39. The first kappa shape index (κ1) is 15.9. The van der Waals surface area contributed by atoms with Gasteiger partial charge in [0, 0.05) is 0 Å². The van der Waals surface area contributed by atoms with Crippen LogP contribution in [0.25, 0.3) is 0 Å². The van der Waals surface area contributed by atoms with Crippen molar-refractivity contribution in [3.05, 3.63) is 0 Å². The molecule has 6 aliphatic carbocycles. The van der Waals surface area contributed by atoms with E-state index in [0.717, 1.165) is 47.1 Å². The molecule has 0 N–H and O–H groups in total. The second-order valence-corrected chi connectivity index (χ2v) is 11.2. The highest BCUT2D eigenvalue weighted by Gasteiger charge is 2.62. The predicted octanol–water partition coefficient (Wildman–Crippen LogP) is 6.36. The third kappa shape index (κ3) is 1.84. The first-order valence-electron chi connectivity index (χ1n) is 9.79. The third-order valence-electron chi connectivity index (χ3n) is 9.64. The monoisotopic (exact) mass is 320 g/mol. The van der Waals surface area contributed by atoms with Gasteiger partial charge in [-0.15, -0.1) is 0 Å². The molecule has 0 aromatic carbocycles. The van der Waals surface area contributed by atoms with E-state index in [2.05, 4.69) is 41.5 Å². The fraction of sp³-hybridized carbons (Fsp3) is 1.00. The van der Waals surface area contributed by atoms with E-state index in [4.69, 9.17) is 11.5 Å². The highest BCUT2D eigenvalue weighted by atomic mass is 35.5. The van der Waals surface area contributed by atoms with Crippen LogP contribution < -0.4 is 0 Å². The lowest BCUT2D eigenvalue weighted by Gasteiger charge is -2.65. The van der Waals surface area contributed by atoms with Gasteiger partial charge in [0.1, 0.15) is 0 Å². The van der Waals surface area contributed by atoms with Gasteiger partial charge in [-0.3, -0.25) is 0 Å². The van der Waals surface area contributed by atoms with E-state index in [1.807, 2.05) is 0 Å². The molecule has 2 heteroatoms. The van der Waals surface area contributed by atoms with Crippen molar-refractivity contribution in [2.45, 2.75) is 78.9 Å². The van der Waals surface area contributed by atoms with Crippen molar-refractivity contribution < 1.29 is 0 Å². The van der Waals surface area contributed by atoms with Gasteiger partial charge in [-0.2, -0.15) is 11.5 Å². The highest BCUT2D eigenvalue weighted by molar-refractivity contribution is 7.08. The summed E-state index contributed by atoms with van der Waals surface area (Å²) in [6.07, 6.45) is 6.20. The van der Waals surface area contributed by atoms with E-state index >= 15 is 0 Å². The van der Waals surface area contributed by atoms with Crippen LogP contribution >= 0.6 is 11.5 Å². The van der Waals surface area contributed by atoms with E-state index in [0.29, 0.717) is 17.0 Å². The quantitative estimate of drug-likeness (QED) is 0.519. The number of halogens is 1. The Bertz CT molecular complexity index is 428. The van der Waals surface area contributed by atoms with Crippen LogP contribution in [0.15, 0.2) is 0 Å². The zero-order chi connectivity index (χ0) is 16.0. The number of hydrogen-bond acceptors (Lipinski definition) is 0. The predicted molar refractivity (Wildman–Crippen MR) is 97.4 cm³/mol. The van der Waals surface area contributed by atoms with E-state index in [-0.39, 0.29) is 0 Å². The lowest BCUT2D eigenvalue weighted by Crippen LogP contribution is -2.58. The molecule has 8 atom stereocenters. The van der Waals surface area contributed by atoms with E-state index in [9.17, 15) is 0 Å². The minimum Gasteiger partial charge on any atom is -0.195 e. The molecule has 2 unspecified atom stereocenters. The number of hydrogen-bond donors (Lipinski definition) is 0. The largest absolute Gasteiger partial charge is 0.257 e. The van der Waals surface area contributed by atoms with E-state index < -0.39 is 0 Å². The molecule has 0 aliphatic heterocycles. The molecule has 0 radical (unpaired) electrons. The smallest absolute Gasteiger partial charge is 0.195 e. The molecule has 0 heterocycles. The highest BCUT2D eigenvalue weighted by Crippen LogP contribution is 2.69. The maximum absolute atomic E-state index is 7.19. The van der Waals surface area contributed by atoms with Gasteiger partial charge in [0.15, 0.2) is 0 Å². The van der Waals surface area contributed by atoms with Crippen molar-refractivity contribution in [3.8, 4) is 0 Å². The van der Waals surface area contributed by atoms with Gasteiger partial charge in [0.25, 0.3) is 6.13 Å². The molecular weight excluding hydrogens is 286 g/mol. The number of fused-ring (bicyclic) bond motifs is 4. The first-order chi connectivity index (χ1) is 10.2. The van der Waals surface area contributed by atoms with Gasteiger partial charge in [-0.05, 0) is 70.8 Å². The maximum atomic E-state index is 7.19. The molecule has 0 spiro atoms. The third-order valence-corrected chi connectivity index (χ3v) is 10.3. The fourth-order valence-electron chi connectivity index (χ4n) is 7.54. The van der Waals surface area contributed by atoms with Crippen LogP contribution in [-0.2, 0) is 0 Å². The molecule has 6 aliphatic rings. The maximum Gasteiger partial charge on any atom is 0.257 e. The fourth-order valence-corrected chi connectivity index (χ4v) is 8.20. The molecule has 4 bridgehead atoms. The summed E-state index contributed by atoms with van der Waals surface area (Å²) < 4.78 is 0. The molecule has 6 rings (SSSR count). The van der Waals surface area contributed by atoms with E-state index in [1.165, 1.54) is 25.7 Å². The van der Waals surface area contributed by atoms with Crippen LogP contribution in [0.1, 0.15) is 67.2 Å². The van der Waals surface area contributed by atoms with Crippen molar-refractivity contribution in [2.75, 3.05) is 0 Å². The van der Waals surface area contributed by atoms with Crippen molar-refractivity contribution in [2.24, 2.45) is 46.3 Å². The molecule has 6 fully saturated rings. The van der Waals surface area contributed by atoms with E-state index in [1.54, 1.807) is 0 Å². The first-order valence-corrected chi connectivity index (χ1v) is 10.2. The Hall–Kier alpha value is 0.355. The SMILES string of the molecule is CC1[C@@H](B(Cl)[C@H]2C[C@H]3C[C@@H](C2C)C3(C)C)C[C@H]2C[C@@H]1C2(C)C. The Morgan fingerprint density at radius 1 is 0.727 bits per heavy atom. The minimum atomic E-state index is 0.438. The molecule has 0 aromatic heterocycles. The lowest BCUT2D eigenvalue weighted by molar-refractivity contribution is -0.106. The van der Waals surface area contributed by atoms with Crippen LogP contribution in [0, 0.1) is 46.3 Å². The summed E-state index contributed by atoms with van der Waals surface area (Å²) >= 11 is 7.19. The van der Waals surface area contributed by atoms with Crippen molar-refractivity contribution >= 4 is 17.6 Å². The zero-order valence-electron chi connectivity index (χ0n) is 15.4. The summed E-state index contributed by atoms with van der Waals surface area (Å²) in [7, 11) is 0. The molecule has 0 amide bonds. The van der Waals surface area contributed by atoms with Crippen molar-refractivity contribution in [3.63, 3.8) is 0 Å². The lowest BCUT2D eigenvalue weighted by atomic mass is 9.30. The molecule has 0 aromatic rings. The summed E-state index contributed by atoms with van der Waals surface area (Å²) in [6, 6.07) is 0. The summed E-state index contributed by atoms with van der Waals surface area (Å²) in [4.78, 5) is 0.